The van der Waals surface area contributed by atoms with E-state index in [0.29, 0.717) is 0 Å². The Balaban J connectivity index is 1.54. The zero-order chi connectivity index (χ0) is 22.2. The molecule has 0 bridgehead atoms. The molecule has 12 unspecified atom stereocenters. The van der Waals surface area contributed by atoms with Crippen LogP contribution in [0.15, 0.2) is 0 Å². The Morgan fingerprint density at radius 2 is 1.20 bits per heavy atom. The Bertz CT molecular complexity index is 549. The number of hydrogen-bond acceptors (Lipinski definition) is 11. The van der Waals surface area contributed by atoms with E-state index in [0.717, 1.165) is 0 Å². The summed E-state index contributed by atoms with van der Waals surface area (Å²) in [4.78, 5) is 0. The third-order valence-electron chi connectivity index (χ3n) is 6.14. The molecule has 30 heavy (non-hydrogen) atoms. The van der Waals surface area contributed by atoms with E-state index >= 15 is 0 Å². The van der Waals surface area contributed by atoms with Crippen LogP contribution in [0.4, 0.5) is 0 Å². The minimum Gasteiger partial charge on any atom is -0.390 e. The van der Waals surface area contributed by atoms with E-state index in [1.54, 1.807) is 0 Å². The first-order valence-corrected chi connectivity index (χ1v) is 10.4. The van der Waals surface area contributed by atoms with Gasteiger partial charge in [-0.25, -0.2) is 0 Å². The molecular weight excluding hydrogens is 404 g/mol. The number of rotatable bonds is 5. The fraction of sp³-hybridized carbons (Fsp3) is 1.00. The first kappa shape index (κ1) is 24.2. The molecule has 7 N–H and O–H groups in total. The summed E-state index contributed by atoms with van der Waals surface area (Å²) in [5.74, 6) is -0.0124. The molecule has 2 saturated heterocycles. The molecule has 3 fully saturated rings. The lowest BCUT2D eigenvalue weighted by molar-refractivity contribution is -0.321. The van der Waals surface area contributed by atoms with Crippen molar-refractivity contribution in [1.82, 2.24) is 0 Å². The van der Waals surface area contributed by atoms with Crippen molar-refractivity contribution in [2.75, 3.05) is 13.2 Å². The topological polar surface area (TPSA) is 179 Å². The summed E-state index contributed by atoms with van der Waals surface area (Å²) >= 11 is 0. The average Bonchev–Trinajstić information content (AvgIpc) is 2.70. The van der Waals surface area contributed by atoms with E-state index in [-0.39, 0.29) is 32.0 Å². The third-order valence-corrected chi connectivity index (χ3v) is 6.14. The Hall–Kier alpha value is -0.440. The Morgan fingerprint density at radius 3 is 1.87 bits per heavy atom. The largest absolute Gasteiger partial charge is 0.390 e. The number of aliphatic hydroxyl groups excluding tert-OH is 7. The molecule has 0 radical (unpaired) electrons. The van der Waals surface area contributed by atoms with Crippen molar-refractivity contribution in [1.29, 1.82) is 0 Å². The molecule has 1 saturated carbocycles. The van der Waals surface area contributed by atoms with Crippen LogP contribution in [0.25, 0.3) is 0 Å². The molecule has 0 aromatic rings. The molecule has 11 nitrogen and oxygen atoms in total. The van der Waals surface area contributed by atoms with E-state index in [1.807, 2.05) is 13.8 Å². The highest BCUT2D eigenvalue weighted by Crippen LogP contribution is 2.29. The summed E-state index contributed by atoms with van der Waals surface area (Å²) in [6.07, 6.45) is -13.2. The summed E-state index contributed by atoms with van der Waals surface area (Å²) in [5, 5.41) is 70.8. The predicted molar refractivity (Wildman–Crippen MR) is 99.1 cm³/mol. The standard InChI is InChI=1S/C19H34O11/c1-7(2)18-16(25)14(23)11(5-27-18)30-19-17(26)15(24)10(6-28-19)29-9-4-3-8(20)12(21)13(9)22/h7-26H,3-6H2,1-2H3. The molecule has 176 valence electrons. The van der Waals surface area contributed by atoms with Crippen LogP contribution in [0, 0.1) is 5.92 Å². The lowest BCUT2D eigenvalue weighted by Crippen LogP contribution is -2.61. The van der Waals surface area contributed by atoms with E-state index in [9.17, 15) is 35.7 Å². The normalized spacial score (nSPS) is 50.6. The summed E-state index contributed by atoms with van der Waals surface area (Å²) in [5.41, 5.74) is 0. The van der Waals surface area contributed by atoms with Crippen molar-refractivity contribution in [3.05, 3.63) is 0 Å². The fourth-order valence-electron chi connectivity index (χ4n) is 4.20. The highest BCUT2D eigenvalue weighted by atomic mass is 16.7. The smallest absolute Gasteiger partial charge is 0.186 e. The van der Waals surface area contributed by atoms with Gasteiger partial charge in [-0.3, -0.25) is 0 Å². The second-order valence-corrected chi connectivity index (χ2v) is 8.72. The molecule has 0 aromatic carbocycles. The molecule has 0 aromatic heterocycles. The molecular formula is C19H34O11. The lowest BCUT2D eigenvalue weighted by Gasteiger charge is -2.44. The molecule has 3 rings (SSSR count). The van der Waals surface area contributed by atoms with Gasteiger partial charge in [-0.05, 0) is 18.8 Å². The Labute approximate surface area is 174 Å². The minimum atomic E-state index is -1.52. The summed E-state index contributed by atoms with van der Waals surface area (Å²) in [7, 11) is 0. The first-order valence-electron chi connectivity index (χ1n) is 10.4. The predicted octanol–water partition coefficient (Wildman–Crippen LogP) is -3.14. The van der Waals surface area contributed by atoms with Crippen LogP contribution >= 0.6 is 0 Å². The third kappa shape index (κ3) is 4.97. The van der Waals surface area contributed by atoms with Crippen molar-refractivity contribution >= 4 is 0 Å². The van der Waals surface area contributed by atoms with Gasteiger partial charge in [0.1, 0.15) is 48.8 Å². The van der Waals surface area contributed by atoms with Crippen LogP contribution in [-0.4, -0.2) is 122 Å². The van der Waals surface area contributed by atoms with E-state index in [1.165, 1.54) is 0 Å². The Morgan fingerprint density at radius 1 is 0.633 bits per heavy atom. The summed E-state index contributed by atoms with van der Waals surface area (Å²) in [6, 6.07) is 0. The van der Waals surface area contributed by atoms with Gasteiger partial charge in [-0.2, -0.15) is 0 Å². The maximum absolute atomic E-state index is 10.4. The SMILES string of the molecule is CC(C)C1OCC(OC2OCC(OC3CCC(O)C(O)C3O)C(O)C2O)C(O)C1O. The van der Waals surface area contributed by atoms with Crippen LogP contribution in [-0.2, 0) is 18.9 Å². The number of hydrogen-bond donors (Lipinski definition) is 7. The minimum absolute atomic E-state index is 0.0124. The van der Waals surface area contributed by atoms with Gasteiger partial charge in [0.15, 0.2) is 6.29 Å². The van der Waals surface area contributed by atoms with Crippen molar-refractivity contribution < 1.29 is 54.7 Å². The number of ether oxygens (including phenoxy) is 4. The van der Waals surface area contributed by atoms with Crippen molar-refractivity contribution in [2.24, 2.45) is 5.92 Å². The first-order chi connectivity index (χ1) is 14.1. The highest BCUT2D eigenvalue weighted by Gasteiger charge is 2.47. The van der Waals surface area contributed by atoms with Gasteiger partial charge < -0.3 is 54.7 Å². The van der Waals surface area contributed by atoms with Crippen LogP contribution in [0.2, 0.25) is 0 Å². The van der Waals surface area contributed by atoms with Gasteiger partial charge in [0, 0.05) is 0 Å². The maximum atomic E-state index is 10.4. The summed E-state index contributed by atoms with van der Waals surface area (Å²) in [6.45, 7) is 3.52. The van der Waals surface area contributed by atoms with Crippen LogP contribution in [0.1, 0.15) is 26.7 Å². The Kier molecular flexibility index (Phi) is 8.07. The second kappa shape index (κ2) is 10.0. The monoisotopic (exact) mass is 438 g/mol. The molecule has 11 heteroatoms. The lowest BCUT2D eigenvalue weighted by atomic mass is 9.89. The second-order valence-electron chi connectivity index (χ2n) is 8.72. The number of aliphatic hydroxyl groups is 7. The zero-order valence-electron chi connectivity index (χ0n) is 17.1. The average molecular weight is 438 g/mol. The van der Waals surface area contributed by atoms with Gasteiger partial charge in [0.05, 0.1) is 31.5 Å². The van der Waals surface area contributed by atoms with E-state index < -0.39 is 73.4 Å². The highest BCUT2D eigenvalue weighted by molar-refractivity contribution is 4.93. The van der Waals surface area contributed by atoms with Gasteiger partial charge >= 0.3 is 0 Å². The van der Waals surface area contributed by atoms with Crippen molar-refractivity contribution in [2.45, 2.75) is 100 Å². The molecule has 0 spiro atoms. The zero-order valence-corrected chi connectivity index (χ0v) is 17.1. The quantitative estimate of drug-likeness (QED) is 0.231. The van der Waals surface area contributed by atoms with Gasteiger partial charge in [0.2, 0.25) is 0 Å². The van der Waals surface area contributed by atoms with Crippen molar-refractivity contribution in [3.8, 4) is 0 Å². The molecule has 0 amide bonds. The van der Waals surface area contributed by atoms with Crippen LogP contribution in [0.3, 0.4) is 0 Å². The summed E-state index contributed by atoms with van der Waals surface area (Å²) < 4.78 is 22.2. The molecule has 2 aliphatic heterocycles. The van der Waals surface area contributed by atoms with Gasteiger partial charge in [-0.15, -0.1) is 0 Å². The fourth-order valence-corrected chi connectivity index (χ4v) is 4.20. The van der Waals surface area contributed by atoms with Gasteiger partial charge in [0.25, 0.3) is 0 Å². The van der Waals surface area contributed by atoms with E-state index in [2.05, 4.69) is 0 Å². The molecule has 12 atom stereocenters. The van der Waals surface area contributed by atoms with Crippen LogP contribution < -0.4 is 0 Å². The molecule has 3 aliphatic rings. The van der Waals surface area contributed by atoms with Gasteiger partial charge in [-0.1, -0.05) is 13.8 Å². The van der Waals surface area contributed by atoms with Crippen molar-refractivity contribution in [3.63, 3.8) is 0 Å². The maximum Gasteiger partial charge on any atom is 0.186 e. The molecule has 2 heterocycles. The van der Waals surface area contributed by atoms with Crippen LogP contribution in [0.5, 0.6) is 0 Å². The van der Waals surface area contributed by atoms with E-state index in [4.69, 9.17) is 18.9 Å². The molecule has 1 aliphatic carbocycles.